The number of nitrogens with zero attached hydrogens (tertiary/aromatic N) is 1. The standard InChI is InChI=1S/C11H19F3N2/c12-11(13,14)9-16-7-6-15-8-10(16)4-2-1-3-5-10/h15H,1-9H2. The zero-order chi connectivity index (χ0) is 11.6. The summed E-state index contributed by atoms with van der Waals surface area (Å²) in [7, 11) is 0. The molecule has 0 amide bonds. The monoisotopic (exact) mass is 236 g/mol. The van der Waals surface area contributed by atoms with Crippen LogP contribution in [0.5, 0.6) is 0 Å². The van der Waals surface area contributed by atoms with Gasteiger partial charge in [0, 0.05) is 25.2 Å². The van der Waals surface area contributed by atoms with Crippen molar-refractivity contribution in [3.8, 4) is 0 Å². The molecule has 0 aromatic heterocycles. The number of rotatable bonds is 1. The van der Waals surface area contributed by atoms with Gasteiger partial charge in [0.1, 0.15) is 0 Å². The molecule has 0 aromatic carbocycles. The number of nitrogens with one attached hydrogen (secondary N) is 1. The third kappa shape index (κ3) is 2.69. The van der Waals surface area contributed by atoms with E-state index in [-0.39, 0.29) is 5.54 Å². The molecule has 0 bridgehead atoms. The van der Waals surface area contributed by atoms with Crippen LogP contribution in [0.4, 0.5) is 13.2 Å². The lowest BCUT2D eigenvalue weighted by atomic mass is 9.79. The molecule has 5 heteroatoms. The van der Waals surface area contributed by atoms with Gasteiger partial charge < -0.3 is 5.32 Å². The van der Waals surface area contributed by atoms with E-state index in [1.54, 1.807) is 4.90 Å². The van der Waals surface area contributed by atoms with Crippen molar-refractivity contribution in [3.63, 3.8) is 0 Å². The molecule has 1 aliphatic carbocycles. The third-order valence-corrected chi connectivity index (χ3v) is 3.84. The summed E-state index contributed by atoms with van der Waals surface area (Å²) in [5.74, 6) is 0. The van der Waals surface area contributed by atoms with Crippen molar-refractivity contribution < 1.29 is 13.2 Å². The van der Waals surface area contributed by atoms with E-state index in [4.69, 9.17) is 0 Å². The summed E-state index contributed by atoms with van der Waals surface area (Å²) >= 11 is 0. The molecule has 0 atom stereocenters. The summed E-state index contributed by atoms with van der Waals surface area (Å²) in [6.45, 7) is 1.19. The van der Waals surface area contributed by atoms with Crippen molar-refractivity contribution in [3.05, 3.63) is 0 Å². The first-order valence-corrected chi connectivity index (χ1v) is 6.04. The molecule has 0 unspecified atom stereocenters. The molecule has 2 aliphatic rings. The molecule has 1 heterocycles. The molecule has 1 aliphatic heterocycles. The summed E-state index contributed by atoms with van der Waals surface area (Å²) in [5.41, 5.74) is -0.216. The minimum Gasteiger partial charge on any atom is -0.314 e. The highest BCUT2D eigenvalue weighted by atomic mass is 19.4. The predicted octanol–water partition coefficient (Wildman–Crippen LogP) is 2.16. The number of hydrogen-bond acceptors (Lipinski definition) is 2. The predicted molar refractivity (Wildman–Crippen MR) is 56.3 cm³/mol. The van der Waals surface area contributed by atoms with Crippen LogP contribution < -0.4 is 5.32 Å². The smallest absolute Gasteiger partial charge is 0.314 e. The SMILES string of the molecule is FC(F)(F)CN1CCNCC12CCCCC2. The van der Waals surface area contributed by atoms with Crippen LogP contribution in [0.2, 0.25) is 0 Å². The molecule has 0 radical (unpaired) electrons. The van der Waals surface area contributed by atoms with Crippen LogP contribution in [0.1, 0.15) is 32.1 Å². The van der Waals surface area contributed by atoms with E-state index in [2.05, 4.69) is 5.32 Å². The zero-order valence-electron chi connectivity index (χ0n) is 9.45. The van der Waals surface area contributed by atoms with Gasteiger partial charge in [0.2, 0.25) is 0 Å². The van der Waals surface area contributed by atoms with Crippen LogP contribution in [0.25, 0.3) is 0 Å². The lowest BCUT2D eigenvalue weighted by Gasteiger charge is -2.50. The van der Waals surface area contributed by atoms with E-state index in [1.807, 2.05) is 0 Å². The molecule has 1 saturated carbocycles. The van der Waals surface area contributed by atoms with E-state index in [1.165, 1.54) is 6.42 Å². The average Bonchev–Trinajstić information content (AvgIpc) is 2.21. The van der Waals surface area contributed by atoms with Crippen molar-refractivity contribution in [2.24, 2.45) is 0 Å². The Morgan fingerprint density at radius 1 is 1.12 bits per heavy atom. The highest BCUT2D eigenvalue weighted by Crippen LogP contribution is 2.36. The fraction of sp³-hybridized carbons (Fsp3) is 1.00. The maximum Gasteiger partial charge on any atom is 0.401 e. The van der Waals surface area contributed by atoms with Gasteiger partial charge in [0.25, 0.3) is 0 Å². The van der Waals surface area contributed by atoms with Crippen LogP contribution in [0, 0.1) is 0 Å². The first kappa shape index (κ1) is 12.2. The molecule has 2 fully saturated rings. The molecule has 0 aromatic rings. The first-order valence-electron chi connectivity index (χ1n) is 6.04. The molecule has 94 valence electrons. The van der Waals surface area contributed by atoms with Gasteiger partial charge in [-0.25, -0.2) is 0 Å². The summed E-state index contributed by atoms with van der Waals surface area (Å²) in [6, 6.07) is 0. The Balaban J connectivity index is 2.06. The second kappa shape index (κ2) is 4.53. The summed E-state index contributed by atoms with van der Waals surface area (Å²) in [6.07, 6.45) is 1.06. The fourth-order valence-corrected chi connectivity index (χ4v) is 3.05. The maximum absolute atomic E-state index is 12.5. The number of hydrogen-bond donors (Lipinski definition) is 1. The molecule has 16 heavy (non-hydrogen) atoms. The first-order chi connectivity index (χ1) is 7.52. The molecule has 1 saturated heterocycles. The summed E-state index contributed by atoms with van der Waals surface area (Å²) < 4.78 is 37.5. The van der Waals surface area contributed by atoms with Gasteiger partial charge in [-0.1, -0.05) is 19.3 Å². The Hall–Kier alpha value is -0.290. The summed E-state index contributed by atoms with van der Waals surface area (Å²) in [5, 5.41) is 3.25. The second-order valence-corrected chi connectivity index (χ2v) is 5.00. The van der Waals surface area contributed by atoms with E-state index < -0.39 is 12.7 Å². The van der Waals surface area contributed by atoms with E-state index in [0.29, 0.717) is 13.1 Å². The summed E-state index contributed by atoms with van der Waals surface area (Å²) in [4.78, 5) is 1.67. The van der Waals surface area contributed by atoms with Crippen molar-refractivity contribution in [1.82, 2.24) is 10.2 Å². The molecule has 1 N–H and O–H groups in total. The minimum absolute atomic E-state index is 0.216. The van der Waals surface area contributed by atoms with Crippen LogP contribution in [0.3, 0.4) is 0 Å². The van der Waals surface area contributed by atoms with Gasteiger partial charge in [-0.2, -0.15) is 13.2 Å². The molecule has 2 nitrogen and oxygen atoms in total. The maximum atomic E-state index is 12.5. The van der Waals surface area contributed by atoms with Gasteiger partial charge in [-0.3, -0.25) is 4.90 Å². The van der Waals surface area contributed by atoms with Crippen molar-refractivity contribution >= 4 is 0 Å². The number of piperazine rings is 1. The molecule has 2 rings (SSSR count). The van der Waals surface area contributed by atoms with Gasteiger partial charge >= 0.3 is 6.18 Å². The van der Waals surface area contributed by atoms with Crippen LogP contribution in [-0.4, -0.2) is 42.8 Å². The topological polar surface area (TPSA) is 15.3 Å². The highest BCUT2D eigenvalue weighted by molar-refractivity contribution is 4.98. The Kier molecular flexibility index (Phi) is 3.45. The average molecular weight is 236 g/mol. The van der Waals surface area contributed by atoms with Crippen molar-refractivity contribution in [2.75, 3.05) is 26.2 Å². The van der Waals surface area contributed by atoms with Crippen LogP contribution in [-0.2, 0) is 0 Å². The Labute approximate surface area is 94.2 Å². The zero-order valence-corrected chi connectivity index (χ0v) is 9.45. The normalized spacial score (nSPS) is 27.2. The van der Waals surface area contributed by atoms with Crippen molar-refractivity contribution in [1.29, 1.82) is 0 Å². The van der Waals surface area contributed by atoms with E-state index in [0.717, 1.165) is 32.2 Å². The van der Waals surface area contributed by atoms with E-state index >= 15 is 0 Å². The quantitative estimate of drug-likeness (QED) is 0.750. The molecular weight excluding hydrogens is 217 g/mol. The highest BCUT2D eigenvalue weighted by Gasteiger charge is 2.44. The lowest BCUT2D eigenvalue weighted by molar-refractivity contribution is -0.165. The largest absolute Gasteiger partial charge is 0.401 e. The fourth-order valence-electron chi connectivity index (χ4n) is 3.05. The van der Waals surface area contributed by atoms with Gasteiger partial charge in [0.15, 0.2) is 0 Å². The van der Waals surface area contributed by atoms with Crippen LogP contribution in [0.15, 0.2) is 0 Å². The van der Waals surface area contributed by atoms with Gasteiger partial charge in [-0.15, -0.1) is 0 Å². The minimum atomic E-state index is -4.07. The Morgan fingerprint density at radius 3 is 2.44 bits per heavy atom. The van der Waals surface area contributed by atoms with Gasteiger partial charge in [-0.05, 0) is 12.8 Å². The van der Waals surface area contributed by atoms with Gasteiger partial charge in [0.05, 0.1) is 6.54 Å². The Morgan fingerprint density at radius 2 is 1.81 bits per heavy atom. The second-order valence-electron chi connectivity index (χ2n) is 5.00. The van der Waals surface area contributed by atoms with Crippen LogP contribution >= 0.6 is 0 Å². The van der Waals surface area contributed by atoms with E-state index in [9.17, 15) is 13.2 Å². The number of alkyl halides is 3. The third-order valence-electron chi connectivity index (χ3n) is 3.84. The Bertz CT molecular complexity index is 226. The molecular formula is C11H19F3N2. The number of halogens is 3. The lowest BCUT2D eigenvalue weighted by Crippen LogP contribution is -2.63. The molecule has 1 spiro atoms. The van der Waals surface area contributed by atoms with Crippen molar-refractivity contribution in [2.45, 2.75) is 43.8 Å².